The van der Waals surface area contributed by atoms with Crippen molar-refractivity contribution in [3.63, 3.8) is 0 Å². The Labute approximate surface area is 113 Å². The summed E-state index contributed by atoms with van der Waals surface area (Å²) in [7, 11) is 0. The smallest absolute Gasteiger partial charge is 0.314 e. The molecule has 6 nitrogen and oxygen atoms in total. The normalized spacial score (nSPS) is 15.4. The van der Waals surface area contributed by atoms with Gasteiger partial charge in [-0.2, -0.15) is 0 Å². The predicted octanol–water partition coefficient (Wildman–Crippen LogP) is 1.36. The summed E-state index contributed by atoms with van der Waals surface area (Å²) in [6.07, 6.45) is 5.66. The Morgan fingerprint density at radius 1 is 1.16 bits per heavy atom. The molecule has 110 valence electrons. The second kappa shape index (κ2) is 9.61. The van der Waals surface area contributed by atoms with E-state index in [4.69, 9.17) is 9.84 Å². The van der Waals surface area contributed by atoms with Crippen LogP contribution in [0.1, 0.15) is 38.5 Å². The molecule has 1 fully saturated rings. The van der Waals surface area contributed by atoms with E-state index in [0.29, 0.717) is 32.0 Å². The lowest BCUT2D eigenvalue weighted by Gasteiger charge is -2.10. The van der Waals surface area contributed by atoms with E-state index in [2.05, 4.69) is 10.6 Å². The first-order chi connectivity index (χ1) is 9.18. The van der Waals surface area contributed by atoms with Gasteiger partial charge in [-0.15, -0.1) is 0 Å². The molecular formula is C13H24N2O4. The number of hydrogen-bond donors (Lipinski definition) is 3. The van der Waals surface area contributed by atoms with Gasteiger partial charge in [0.1, 0.15) is 0 Å². The van der Waals surface area contributed by atoms with Gasteiger partial charge >= 0.3 is 12.0 Å². The van der Waals surface area contributed by atoms with Crippen molar-refractivity contribution in [2.75, 3.05) is 26.3 Å². The fourth-order valence-electron chi connectivity index (χ4n) is 2.17. The molecular weight excluding hydrogens is 248 g/mol. The molecule has 0 unspecified atom stereocenters. The van der Waals surface area contributed by atoms with Crippen LogP contribution in [0.3, 0.4) is 0 Å². The average Bonchev–Trinajstić information content (AvgIpc) is 2.87. The Balaban J connectivity index is 1.85. The van der Waals surface area contributed by atoms with Gasteiger partial charge in [0.25, 0.3) is 0 Å². The zero-order valence-electron chi connectivity index (χ0n) is 11.3. The number of urea groups is 1. The van der Waals surface area contributed by atoms with Gasteiger partial charge in [0.15, 0.2) is 0 Å². The van der Waals surface area contributed by atoms with Crippen LogP contribution in [-0.2, 0) is 9.53 Å². The van der Waals surface area contributed by atoms with Crippen LogP contribution in [0.2, 0.25) is 0 Å². The molecule has 6 heteroatoms. The van der Waals surface area contributed by atoms with Gasteiger partial charge < -0.3 is 20.5 Å². The minimum atomic E-state index is -0.845. The van der Waals surface area contributed by atoms with E-state index in [0.717, 1.165) is 6.61 Å². The average molecular weight is 272 g/mol. The highest BCUT2D eigenvalue weighted by Gasteiger charge is 2.14. The van der Waals surface area contributed by atoms with Gasteiger partial charge in [-0.3, -0.25) is 4.79 Å². The summed E-state index contributed by atoms with van der Waals surface area (Å²) in [6.45, 7) is 2.18. The second-order valence-electron chi connectivity index (χ2n) is 4.91. The summed E-state index contributed by atoms with van der Waals surface area (Å²) in [5.41, 5.74) is 0. The number of aliphatic carboxylic acids is 1. The van der Waals surface area contributed by atoms with Crippen LogP contribution < -0.4 is 10.6 Å². The molecule has 0 bridgehead atoms. The standard InChI is InChI=1S/C13H24N2O4/c16-12(17)6-3-7-14-13(18)15-8-9-19-10-11-4-1-2-5-11/h11H,1-10H2,(H,16,17)(H2,14,15,18). The van der Waals surface area contributed by atoms with Crippen molar-refractivity contribution in [3.8, 4) is 0 Å². The number of hydrogen-bond acceptors (Lipinski definition) is 3. The largest absolute Gasteiger partial charge is 0.481 e. The molecule has 3 N–H and O–H groups in total. The lowest BCUT2D eigenvalue weighted by atomic mass is 10.1. The zero-order chi connectivity index (χ0) is 13.9. The fourth-order valence-corrected chi connectivity index (χ4v) is 2.17. The predicted molar refractivity (Wildman–Crippen MR) is 71.0 cm³/mol. The van der Waals surface area contributed by atoms with Crippen molar-refractivity contribution in [2.45, 2.75) is 38.5 Å². The summed E-state index contributed by atoms with van der Waals surface area (Å²) in [6, 6.07) is -0.269. The number of amides is 2. The Hall–Kier alpha value is -1.30. The van der Waals surface area contributed by atoms with E-state index in [1.165, 1.54) is 25.7 Å². The van der Waals surface area contributed by atoms with E-state index in [1.807, 2.05) is 0 Å². The van der Waals surface area contributed by atoms with Crippen LogP contribution in [-0.4, -0.2) is 43.4 Å². The summed E-state index contributed by atoms with van der Waals surface area (Å²) in [5.74, 6) is -0.146. The maximum Gasteiger partial charge on any atom is 0.314 e. The molecule has 19 heavy (non-hydrogen) atoms. The van der Waals surface area contributed by atoms with Gasteiger partial charge in [0.2, 0.25) is 0 Å². The van der Waals surface area contributed by atoms with Crippen LogP contribution in [0, 0.1) is 5.92 Å². The maximum absolute atomic E-state index is 11.3. The molecule has 1 aliphatic rings. The fraction of sp³-hybridized carbons (Fsp3) is 0.846. The van der Waals surface area contributed by atoms with Crippen molar-refractivity contribution in [2.24, 2.45) is 5.92 Å². The number of nitrogens with one attached hydrogen (secondary N) is 2. The molecule has 0 aromatic rings. The first-order valence-electron chi connectivity index (χ1n) is 6.99. The third-order valence-electron chi connectivity index (χ3n) is 3.21. The monoisotopic (exact) mass is 272 g/mol. The Morgan fingerprint density at radius 3 is 2.53 bits per heavy atom. The van der Waals surface area contributed by atoms with Crippen molar-refractivity contribution in [3.05, 3.63) is 0 Å². The van der Waals surface area contributed by atoms with Gasteiger partial charge in [-0.25, -0.2) is 4.79 Å². The molecule has 0 aromatic heterocycles. The van der Waals surface area contributed by atoms with Gasteiger partial charge in [0, 0.05) is 26.1 Å². The molecule has 0 spiro atoms. The highest BCUT2D eigenvalue weighted by molar-refractivity contribution is 5.73. The molecule has 1 aliphatic carbocycles. The quantitative estimate of drug-likeness (QED) is 0.553. The molecule has 0 aliphatic heterocycles. The van der Waals surface area contributed by atoms with Crippen LogP contribution in [0.4, 0.5) is 4.79 Å². The van der Waals surface area contributed by atoms with E-state index in [9.17, 15) is 9.59 Å². The molecule has 0 aromatic carbocycles. The molecule has 0 saturated heterocycles. The molecule has 0 heterocycles. The zero-order valence-corrected chi connectivity index (χ0v) is 11.3. The minimum absolute atomic E-state index is 0.0742. The SMILES string of the molecule is O=C(O)CCCNC(=O)NCCOCC1CCCC1. The number of carboxylic acid groups (broad SMARTS) is 1. The van der Waals surface area contributed by atoms with E-state index in [1.54, 1.807) is 0 Å². The van der Waals surface area contributed by atoms with Crippen LogP contribution in [0.25, 0.3) is 0 Å². The first kappa shape index (κ1) is 15.8. The lowest BCUT2D eigenvalue weighted by Crippen LogP contribution is -2.38. The highest BCUT2D eigenvalue weighted by Crippen LogP contribution is 2.24. The number of ether oxygens (including phenoxy) is 1. The molecule has 1 saturated carbocycles. The van der Waals surface area contributed by atoms with E-state index >= 15 is 0 Å². The topological polar surface area (TPSA) is 87.7 Å². The van der Waals surface area contributed by atoms with E-state index in [-0.39, 0.29) is 12.5 Å². The molecule has 0 radical (unpaired) electrons. The van der Waals surface area contributed by atoms with Crippen LogP contribution in [0.15, 0.2) is 0 Å². The Kier molecular flexibility index (Phi) is 7.97. The lowest BCUT2D eigenvalue weighted by molar-refractivity contribution is -0.137. The van der Waals surface area contributed by atoms with Crippen molar-refractivity contribution >= 4 is 12.0 Å². The van der Waals surface area contributed by atoms with Crippen molar-refractivity contribution in [1.82, 2.24) is 10.6 Å². The molecule has 0 atom stereocenters. The van der Waals surface area contributed by atoms with Crippen molar-refractivity contribution in [1.29, 1.82) is 0 Å². The first-order valence-corrected chi connectivity index (χ1v) is 6.99. The van der Waals surface area contributed by atoms with E-state index < -0.39 is 5.97 Å². The summed E-state index contributed by atoms with van der Waals surface area (Å²) >= 11 is 0. The highest BCUT2D eigenvalue weighted by atomic mass is 16.5. The number of rotatable bonds is 9. The van der Waals surface area contributed by atoms with Crippen molar-refractivity contribution < 1.29 is 19.4 Å². The van der Waals surface area contributed by atoms with Gasteiger partial charge in [0.05, 0.1) is 6.61 Å². The third kappa shape index (κ3) is 8.42. The summed E-state index contributed by atoms with van der Waals surface area (Å²) < 4.78 is 5.50. The summed E-state index contributed by atoms with van der Waals surface area (Å²) in [5, 5.41) is 13.7. The third-order valence-corrected chi connectivity index (χ3v) is 3.21. The Morgan fingerprint density at radius 2 is 1.84 bits per heavy atom. The van der Waals surface area contributed by atoms with Crippen LogP contribution in [0.5, 0.6) is 0 Å². The number of carbonyl (C=O) groups is 2. The molecule has 1 rings (SSSR count). The van der Waals surface area contributed by atoms with Crippen LogP contribution >= 0.6 is 0 Å². The van der Waals surface area contributed by atoms with Gasteiger partial charge in [-0.05, 0) is 25.2 Å². The van der Waals surface area contributed by atoms with Gasteiger partial charge in [-0.1, -0.05) is 12.8 Å². The Bertz CT molecular complexity index is 278. The minimum Gasteiger partial charge on any atom is -0.481 e. The summed E-state index contributed by atoms with van der Waals surface area (Å²) in [4.78, 5) is 21.5. The number of carboxylic acids is 1. The number of carbonyl (C=O) groups excluding carboxylic acids is 1. The molecule has 2 amide bonds. The maximum atomic E-state index is 11.3. The second-order valence-corrected chi connectivity index (χ2v) is 4.91.